The summed E-state index contributed by atoms with van der Waals surface area (Å²) in [4.78, 5) is 6.87. The summed E-state index contributed by atoms with van der Waals surface area (Å²) in [6.07, 6.45) is 3.29. The predicted molar refractivity (Wildman–Crippen MR) is 92.3 cm³/mol. The Hall–Kier alpha value is -1.74. The van der Waals surface area contributed by atoms with Crippen LogP contribution < -0.4 is 10.6 Å². The van der Waals surface area contributed by atoms with Crippen molar-refractivity contribution < 1.29 is 0 Å². The number of hydrogen-bond donors (Lipinski definition) is 1. The van der Waals surface area contributed by atoms with Crippen LogP contribution in [0.5, 0.6) is 0 Å². The molecular weight excluding hydrogens is 282 g/mol. The molecule has 0 aliphatic carbocycles. The van der Waals surface area contributed by atoms with Crippen LogP contribution in [0, 0.1) is 0 Å². The minimum absolute atomic E-state index is 0. The molecule has 0 fully saturated rings. The Morgan fingerprint density at radius 1 is 1.19 bits per heavy atom. The van der Waals surface area contributed by atoms with Gasteiger partial charge in [-0.15, -0.1) is 12.4 Å². The summed E-state index contributed by atoms with van der Waals surface area (Å²) in [5.74, 6) is 0.601. The van der Waals surface area contributed by atoms with Gasteiger partial charge in [-0.3, -0.25) is 0 Å². The number of aromatic nitrogens is 1. The highest BCUT2D eigenvalue weighted by atomic mass is 35.5. The Bertz CT molecular complexity index is 640. The maximum atomic E-state index is 5.82. The van der Waals surface area contributed by atoms with E-state index in [0.29, 0.717) is 5.82 Å². The minimum atomic E-state index is 0. The monoisotopic (exact) mass is 303 g/mol. The highest BCUT2D eigenvalue weighted by molar-refractivity contribution is 5.85. The molecule has 0 spiro atoms. The van der Waals surface area contributed by atoms with Gasteiger partial charge in [0.2, 0.25) is 0 Å². The van der Waals surface area contributed by atoms with Crippen molar-refractivity contribution in [3.8, 4) is 11.1 Å². The van der Waals surface area contributed by atoms with Crippen molar-refractivity contribution in [3.63, 3.8) is 0 Å². The van der Waals surface area contributed by atoms with Gasteiger partial charge < -0.3 is 10.6 Å². The lowest BCUT2D eigenvalue weighted by atomic mass is 9.93. The second kappa shape index (κ2) is 6.35. The molecule has 1 aliphatic rings. The molecule has 21 heavy (non-hydrogen) atoms. The molecule has 112 valence electrons. The lowest BCUT2D eigenvalue weighted by Crippen LogP contribution is -2.25. The van der Waals surface area contributed by atoms with E-state index >= 15 is 0 Å². The van der Waals surface area contributed by atoms with E-state index in [9.17, 15) is 0 Å². The summed E-state index contributed by atoms with van der Waals surface area (Å²) in [6.45, 7) is 3.25. The van der Waals surface area contributed by atoms with E-state index in [1.165, 1.54) is 28.8 Å². The third-order valence-electron chi connectivity index (χ3n) is 4.06. The van der Waals surface area contributed by atoms with E-state index in [0.717, 1.165) is 25.1 Å². The lowest BCUT2D eigenvalue weighted by Gasteiger charge is -2.30. The number of halogens is 1. The minimum Gasteiger partial charge on any atom is -0.384 e. The van der Waals surface area contributed by atoms with Crippen LogP contribution in [0.1, 0.15) is 24.6 Å². The van der Waals surface area contributed by atoms with Gasteiger partial charge >= 0.3 is 0 Å². The third-order valence-corrected chi connectivity index (χ3v) is 4.06. The number of benzene rings is 1. The molecule has 1 aliphatic heterocycles. The molecule has 2 heterocycles. The van der Waals surface area contributed by atoms with Crippen molar-refractivity contribution >= 4 is 23.9 Å². The first-order chi connectivity index (χ1) is 9.70. The number of aryl methyl sites for hydroxylation is 2. The number of fused-ring (bicyclic) bond motifs is 1. The van der Waals surface area contributed by atoms with Gasteiger partial charge in [-0.2, -0.15) is 0 Å². The molecule has 2 N–H and O–H groups in total. The molecule has 1 aromatic heterocycles. The fourth-order valence-corrected chi connectivity index (χ4v) is 3.11. The molecule has 0 unspecified atom stereocenters. The van der Waals surface area contributed by atoms with Crippen LogP contribution >= 0.6 is 12.4 Å². The standard InChI is InChI=1S/C17H21N3.ClH/c1-3-15-13(9-10-16(18)19-15)14-8-4-6-12-7-5-11-20(2)17(12)14;/h4,6,8-10H,3,5,7,11H2,1-2H3,(H2,18,19);1H. The second-order valence-corrected chi connectivity index (χ2v) is 5.42. The van der Waals surface area contributed by atoms with E-state index in [-0.39, 0.29) is 12.4 Å². The molecule has 0 saturated heterocycles. The molecule has 0 amide bonds. The maximum absolute atomic E-state index is 5.82. The van der Waals surface area contributed by atoms with Crippen molar-refractivity contribution in [1.82, 2.24) is 4.98 Å². The van der Waals surface area contributed by atoms with Crippen molar-refractivity contribution in [3.05, 3.63) is 41.6 Å². The Labute approximate surface area is 132 Å². The smallest absolute Gasteiger partial charge is 0.123 e. The van der Waals surface area contributed by atoms with Crippen molar-refractivity contribution in [2.45, 2.75) is 26.2 Å². The Morgan fingerprint density at radius 3 is 2.76 bits per heavy atom. The first kappa shape index (κ1) is 15.6. The summed E-state index contributed by atoms with van der Waals surface area (Å²) >= 11 is 0. The topological polar surface area (TPSA) is 42.1 Å². The first-order valence-corrected chi connectivity index (χ1v) is 7.29. The van der Waals surface area contributed by atoms with Crippen LogP contribution in [0.15, 0.2) is 30.3 Å². The van der Waals surface area contributed by atoms with Crippen molar-refractivity contribution in [2.75, 3.05) is 24.2 Å². The number of para-hydroxylation sites is 1. The van der Waals surface area contributed by atoms with Crippen LogP contribution in [-0.4, -0.2) is 18.6 Å². The van der Waals surface area contributed by atoms with Gasteiger partial charge in [-0.05, 0) is 37.0 Å². The number of anilines is 2. The number of nitrogens with two attached hydrogens (primary N) is 1. The van der Waals surface area contributed by atoms with Gasteiger partial charge in [-0.1, -0.05) is 25.1 Å². The molecule has 3 rings (SSSR count). The quantitative estimate of drug-likeness (QED) is 0.920. The zero-order valence-electron chi connectivity index (χ0n) is 12.6. The van der Waals surface area contributed by atoms with Crippen molar-refractivity contribution in [2.24, 2.45) is 0 Å². The average molecular weight is 304 g/mol. The number of hydrogen-bond acceptors (Lipinski definition) is 3. The van der Waals surface area contributed by atoms with Crippen LogP contribution in [0.4, 0.5) is 11.5 Å². The van der Waals surface area contributed by atoms with E-state index in [4.69, 9.17) is 5.73 Å². The first-order valence-electron chi connectivity index (χ1n) is 7.29. The zero-order valence-corrected chi connectivity index (χ0v) is 13.4. The maximum Gasteiger partial charge on any atom is 0.123 e. The second-order valence-electron chi connectivity index (χ2n) is 5.42. The van der Waals surface area contributed by atoms with E-state index in [2.05, 4.69) is 48.1 Å². The van der Waals surface area contributed by atoms with Crippen LogP contribution in [-0.2, 0) is 12.8 Å². The van der Waals surface area contributed by atoms with Crippen molar-refractivity contribution in [1.29, 1.82) is 0 Å². The van der Waals surface area contributed by atoms with E-state index in [1.54, 1.807) is 0 Å². The molecule has 0 saturated carbocycles. The molecule has 3 nitrogen and oxygen atoms in total. The summed E-state index contributed by atoms with van der Waals surface area (Å²) in [7, 11) is 2.18. The molecule has 4 heteroatoms. The SMILES string of the molecule is CCc1nc(N)ccc1-c1cccc2c1N(C)CCC2.Cl. The van der Waals surface area contributed by atoms with Crippen LogP contribution in [0.3, 0.4) is 0 Å². The fourth-order valence-electron chi connectivity index (χ4n) is 3.11. The van der Waals surface area contributed by atoms with Crippen LogP contribution in [0.25, 0.3) is 11.1 Å². The number of nitrogen functional groups attached to an aromatic ring is 1. The molecule has 0 bridgehead atoms. The molecule has 1 aromatic carbocycles. The summed E-state index contributed by atoms with van der Waals surface area (Å²) in [6, 6.07) is 10.6. The summed E-state index contributed by atoms with van der Waals surface area (Å²) < 4.78 is 0. The highest BCUT2D eigenvalue weighted by Gasteiger charge is 2.19. The average Bonchev–Trinajstić information content (AvgIpc) is 2.47. The van der Waals surface area contributed by atoms with E-state index in [1.807, 2.05) is 6.07 Å². The van der Waals surface area contributed by atoms with Gasteiger partial charge in [0.05, 0.1) is 5.69 Å². The third kappa shape index (κ3) is 2.84. The van der Waals surface area contributed by atoms with Crippen LogP contribution in [0.2, 0.25) is 0 Å². The number of rotatable bonds is 2. The molecule has 2 aromatic rings. The Balaban J connectivity index is 0.00000161. The van der Waals surface area contributed by atoms with Gasteiger partial charge in [0.15, 0.2) is 0 Å². The van der Waals surface area contributed by atoms with Gasteiger partial charge in [-0.25, -0.2) is 4.98 Å². The van der Waals surface area contributed by atoms with Gasteiger partial charge in [0.25, 0.3) is 0 Å². The fraction of sp³-hybridized carbons (Fsp3) is 0.353. The van der Waals surface area contributed by atoms with Gasteiger partial charge in [0.1, 0.15) is 5.82 Å². The summed E-state index contributed by atoms with van der Waals surface area (Å²) in [5, 5.41) is 0. The van der Waals surface area contributed by atoms with E-state index < -0.39 is 0 Å². The largest absolute Gasteiger partial charge is 0.384 e. The number of nitrogens with zero attached hydrogens (tertiary/aromatic N) is 2. The molecule has 0 atom stereocenters. The number of pyridine rings is 1. The predicted octanol–water partition coefficient (Wildman–Crippen LogP) is 3.70. The lowest BCUT2D eigenvalue weighted by molar-refractivity contribution is 0.745. The Kier molecular flexibility index (Phi) is 4.73. The molecular formula is C17H22ClN3. The van der Waals surface area contributed by atoms with Gasteiger partial charge in [0, 0.05) is 30.4 Å². The zero-order chi connectivity index (χ0) is 14.1. The summed E-state index contributed by atoms with van der Waals surface area (Å²) in [5.41, 5.74) is 12.2. The highest BCUT2D eigenvalue weighted by Crippen LogP contribution is 2.38. The molecule has 0 radical (unpaired) electrons. The normalized spacial score (nSPS) is 13.5. The Morgan fingerprint density at radius 2 is 2.00 bits per heavy atom.